The maximum absolute atomic E-state index is 11.0. The van der Waals surface area contributed by atoms with Gasteiger partial charge in [-0.1, -0.05) is 12.1 Å². The van der Waals surface area contributed by atoms with Gasteiger partial charge in [-0.05, 0) is 18.4 Å². The minimum absolute atomic E-state index is 0.170. The molecule has 2 rings (SSSR count). The van der Waals surface area contributed by atoms with Crippen molar-refractivity contribution in [3.63, 3.8) is 0 Å². The zero-order valence-corrected chi connectivity index (χ0v) is 10.6. The fourth-order valence-electron chi connectivity index (χ4n) is 1.50. The van der Waals surface area contributed by atoms with Crippen LogP contribution >= 0.6 is 11.8 Å². The van der Waals surface area contributed by atoms with Gasteiger partial charge in [0.25, 0.3) is 0 Å². The molecule has 0 atom stereocenters. The smallest absolute Gasteiger partial charge is 0.157 e. The number of para-hydroxylation sites is 1. The van der Waals surface area contributed by atoms with Crippen LogP contribution in [0.25, 0.3) is 0 Å². The highest BCUT2D eigenvalue weighted by atomic mass is 32.2. The first kappa shape index (κ1) is 12.4. The predicted octanol–water partition coefficient (Wildman–Crippen LogP) is 2.34. The van der Waals surface area contributed by atoms with Crippen molar-refractivity contribution >= 4 is 35.4 Å². The molecule has 5 nitrogen and oxygen atoms in total. The minimum Gasteiger partial charge on any atom is -0.383 e. The van der Waals surface area contributed by atoms with E-state index in [1.165, 1.54) is 6.33 Å². The van der Waals surface area contributed by atoms with E-state index in [0.717, 1.165) is 10.6 Å². The van der Waals surface area contributed by atoms with Gasteiger partial charge in [-0.2, -0.15) is 0 Å². The molecule has 0 amide bonds. The maximum Gasteiger partial charge on any atom is 0.157 e. The molecule has 1 aromatic heterocycles. The van der Waals surface area contributed by atoms with E-state index in [0.29, 0.717) is 12.1 Å². The van der Waals surface area contributed by atoms with Crippen molar-refractivity contribution < 1.29 is 4.79 Å². The number of rotatable bonds is 4. The Morgan fingerprint density at radius 3 is 2.83 bits per heavy atom. The Balaban J connectivity index is 2.40. The van der Waals surface area contributed by atoms with Crippen LogP contribution in [0, 0.1) is 0 Å². The van der Waals surface area contributed by atoms with Crippen LogP contribution in [0.1, 0.15) is 10.4 Å². The zero-order chi connectivity index (χ0) is 13.0. The SMILES string of the molecule is CSc1ccccc1Nc1ncnc(N)c1C=O. The molecule has 0 radical (unpaired) electrons. The molecule has 0 aliphatic carbocycles. The van der Waals surface area contributed by atoms with Crippen LogP contribution in [0.4, 0.5) is 17.3 Å². The first-order valence-corrected chi connectivity index (χ1v) is 6.44. The minimum atomic E-state index is 0.170. The van der Waals surface area contributed by atoms with E-state index >= 15 is 0 Å². The molecule has 6 heteroatoms. The van der Waals surface area contributed by atoms with E-state index in [9.17, 15) is 4.79 Å². The monoisotopic (exact) mass is 260 g/mol. The quantitative estimate of drug-likeness (QED) is 0.648. The second kappa shape index (κ2) is 5.50. The van der Waals surface area contributed by atoms with Gasteiger partial charge in [0.05, 0.1) is 11.3 Å². The fraction of sp³-hybridized carbons (Fsp3) is 0.0833. The number of carbonyl (C=O) groups excluding carboxylic acids is 1. The lowest BCUT2D eigenvalue weighted by Gasteiger charge is -2.11. The van der Waals surface area contributed by atoms with Gasteiger partial charge >= 0.3 is 0 Å². The van der Waals surface area contributed by atoms with Crippen LogP contribution in [0.3, 0.4) is 0 Å². The van der Waals surface area contributed by atoms with Crippen molar-refractivity contribution in [2.75, 3.05) is 17.3 Å². The summed E-state index contributed by atoms with van der Waals surface area (Å²) in [5.74, 6) is 0.586. The summed E-state index contributed by atoms with van der Waals surface area (Å²) >= 11 is 1.61. The summed E-state index contributed by atoms with van der Waals surface area (Å²) in [6.07, 6.45) is 3.96. The number of hydrogen-bond donors (Lipinski definition) is 2. The molecule has 0 unspecified atom stereocenters. The fourth-order valence-corrected chi connectivity index (χ4v) is 2.05. The summed E-state index contributed by atoms with van der Waals surface area (Å²) in [5.41, 5.74) is 6.78. The Morgan fingerprint density at radius 1 is 1.33 bits per heavy atom. The molecule has 2 aromatic rings. The summed E-state index contributed by atoms with van der Waals surface area (Å²) in [7, 11) is 0. The zero-order valence-electron chi connectivity index (χ0n) is 9.75. The van der Waals surface area contributed by atoms with Gasteiger partial charge in [0.15, 0.2) is 6.29 Å². The normalized spacial score (nSPS) is 10.1. The van der Waals surface area contributed by atoms with Crippen molar-refractivity contribution in [2.24, 2.45) is 0 Å². The second-order valence-electron chi connectivity index (χ2n) is 3.46. The number of hydrogen-bond acceptors (Lipinski definition) is 6. The molecule has 0 saturated heterocycles. The molecule has 0 saturated carbocycles. The summed E-state index contributed by atoms with van der Waals surface area (Å²) in [4.78, 5) is 19.9. The number of nitrogens with zero attached hydrogens (tertiary/aromatic N) is 2. The topological polar surface area (TPSA) is 80.9 Å². The van der Waals surface area contributed by atoms with Crippen LogP contribution in [-0.4, -0.2) is 22.5 Å². The highest BCUT2D eigenvalue weighted by Gasteiger charge is 2.09. The first-order chi connectivity index (χ1) is 8.76. The molecule has 1 aromatic carbocycles. The molecular formula is C12H12N4OS. The highest BCUT2D eigenvalue weighted by Crippen LogP contribution is 2.28. The Kier molecular flexibility index (Phi) is 3.78. The number of aromatic nitrogens is 2. The third-order valence-corrected chi connectivity index (χ3v) is 3.19. The Labute approximate surface area is 109 Å². The average Bonchev–Trinajstić information content (AvgIpc) is 2.40. The summed E-state index contributed by atoms with van der Waals surface area (Å²) < 4.78 is 0. The number of nitrogen functional groups attached to an aromatic ring is 1. The molecule has 0 bridgehead atoms. The maximum atomic E-state index is 11.0. The Hall–Kier alpha value is -2.08. The number of carbonyl (C=O) groups is 1. The van der Waals surface area contributed by atoms with Gasteiger partial charge in [0.2, 0.25) is 0 Å². The van der Waals surface area contributed by atoms with Crippen molar-refractivity contribution in [1.82, 2.24) is 9.97 Å². The molecular weight excluding hydrogens is 248 g/mol. The van der Waals surface area contributed by atoms with E-state index in [1.54, 1.807) is 11.8 Å². The number of benzene rings is 1. The molecule has 92 valence electrons. The van der Waals surface area contributed by atoms with E-state index in [4.69, 9.17) is 5.73 Å². The summed E-state index contributed by atoms with van der Waals surface area (Å²) in [6, 6.07) is 7.76. The third kappa shape index (κ3) is 2.43. The molecule has 0 fully saturated rings. The van der Waals surface area contributed by atoms with Crippen LogP contribution in [0.15, 0.2) is 35.5 Å². The number of aldehydes is 1. The molecule has 0 aliphatic rings. The van der Waals surface area contributed by atoms with E-state index in [2.05, 4.69) is 15.3 Å². The largest absolute Gasteiger partial charge is 0.383 e. The molecule has 18 heavy (non-hydrogen) atoms. The van der Waals surface area contributed by atoms with Crippen molar-refractivity contribution in [1.29, 1.82) is 0 Å². The van der Waals surface area contributed by atoms with Crippen LogP contribution in [0.5, 0.6) is 0 Å². The summed E-state index contributed by atoms with van der Waals surface area (Å²) in [5, 5.41) is 3.10. The van der Waals surface area contributed by atoms with Crippen molar-refractivity contribution in [2.45, 2.75) is 4.90 Å². The van der Waals surface area contributed by atoms with E-state index < -0.39 is 0 Å². The lowest BCUT2D eigenvalue weighted by atomic mass is 10.2. The number of thioether (sulfide) groups is 1. The molecule has 0 spiro atoms. The average molecular weight is 260 g/mol. The molecule has 3 N–H and O–H groups in total. The first-order valence-electron chi connectivity index (χ1n) is 5.22. The van der Waals surface area contributed by atoms with Gasteiger partial charge in [-0.3, -0.25) is 4.79 Å². The lowest BCUT2D eigenvalue weighted by Crippen LogP contribution is -2.04. The molecule has 0 aliphatic heterocycles. The van der Waals surface area contributed by atoms with E-state index in [1.807, 2.05) is 30.5 Å². The third-order valence-electron chi connectivity index (χ3n) is 2.39. The van der Waals surface area contributed by atoms with Crippen LogP contribution < -0.4 is 11.1 Å². The van der Waals surface area contributed by atoms with Crippen molar-refractivity contribution in [3.8, 4) is 0 Å². The highest BCUT2D eigenvalue weighted by molar-refractivity contribution is 7.98. The Morgan fingerprint density at radius 2 is 2.11 bits per heavy atom. The number of anilines is 3. The van der Waals surface area contributed by atoms with Crippen LogP contribution in [0.2, 0.25) is 0 Å². The lowest BCUT2D eigenvalue weighted by molar-refractivity contribution is 0.112. The Bertz CT molecular complexity index is 574. The van der Waals surface area contributed by atoms with Gasteiger partial charge in [-0.25, -0.2) is 9.97 Å². The standard InChI is InChI=1S/C12H12N4OS/c1-18-10-5-3-2-4-9(10)16-12-8(6-17)11(13)14-7-15-12/h2-7H,1H3,(H3,13,14,15,16). The van der Waals surface area contributed by atoms with Gasteiger partial charge in [-0.15, -0.1) is 11.8 Å². The summed E-state index contributed by atoms with van der Waals surface area (Å²) in [6.45, 7) is 0. The van der Waals surface area contributed by atoms with Gasteiger partial charge < -0.3 is 11.1 Å². The second-order valence-corrected chi connectivity index (χ2v) is 4.31. The van der Waals surface area contributed by atoms with Gasteiger partial charge in [0.1, 0.15) is 18.0 Å². The van der Waals surface area contributed by atoms with Gasteiger partial charge in [0, 0.05) is 4.90 Å². The molecule has 1 heterocycles. The number of nitrogens with one attached hydrogen (secondary N) is 1. The number of nitrogens with two attached hydrogens (primary N) is 1. The van der Waals surface area contributed by atoms with Crippen molar-refractivity contribution in [3.05, 3.63) is 36.2 Å². The van der Waals surface area contributed by atoms with E-state index in [-0.39, 0.29) is 11.4 Å². The predicted molar refractivity (Wildman–Crippen MR) is 73.3 cm³/mol. The van der Waals surface area contributed by atoms with Crippen LogP contribution in [-0.2, 0) is 0 Å².